The number of carbonyl (C=O) groups excluding carboxylic acids is 1. The summed E-state index contributed by atoms with van der Waals surface area (Å²) < 4.78 is 38.9. The van der Waals surface area contributed by atoms with Gasteiger partial charge in [0, 0.05) is 31.0 Å². The minimum absolute atomic E-state index is 0.0102. The summed E-state index contributed by atoms with van der Waals surface area (Å²) in [7, 11) is 0. The highest BCUT2D eigenvalue weighted by molar-refractivity contribution is 5.92. The molecule has 29 heavy (non-hydrogen) atoms. The van der Waals surface area contributed by atoms with E-state index in [0.29, 0.717) is 36.4 Å². The van der Waals surface area contributed by atoms with Crippen LogP contribution in [0.3, 0.4) is 0 Å². The van der Waals surface area contributed by atoms with E-state index in [9.17, 15) is 18.0 Å². The van der Waals surface area contributed by atoms with E-state index in [2.05, 4.69) is 20.5 Å². The lowest BCUT2D eigenvalue weighted by atomic mass is 9.98. The number of nitrogens with zero attached hydrogens (tertiary/aromatic N) is 3. The summed E-state index contributed by atoms with van der Waals surface area (Å²) in [6.45, 7) is 1.27. The lowest BCUT2D eigenvalue weighted by Gasteiger charge is -2.22. The molecule has 3 fully saturated rings. The Labute approximate surface area is 165 Å². The highest BCUT2D eigenvalue weighted by Crippen LogP contribution is 2.41. The van der Waals surface area contributed by atoms with Crippen molar-refractivity contribution >= 4 is 11.7 Å². The minimum Gasteiger partial charge on any atom is -0.356 e. The maximum Gasteiger partial charge on any atom is 0.433 e. The zero-order valence-electron chi connectivity index (χ0n) is 15.7. The van der Waals surface area contributed by atoms with Crippen LogP contribution in [-0.2, 0) is 6.18 Å². The molecule has 3 aliphatic rings. The SMILES string of the molecule is O=C(N[C@H]1CC[C@@H]2CN(c3cccc(C(F)(F)F)n3)C[C@@H]21)c1cc(C2CC2)n[nH]1. The Kier molecular flexibility index (Phi) is 4.29. The highest BCUT2D eigenvalue weighted by atomic mass is 19.4. The van der Waals surface area contributed by atoms with Crippen LogP contribution in [0.5, 0.6) is 0 Å². The van der Waals surface area contributed by atoms with E-state index in [1.54, 1.807) is 6.07 Å². The summed E-state index contributed by atoms with van der Waals surface area (Å²) in [6.07, 6.45) is -0.378. The highest BCUT2D eigenvalue weighted by Gasteiger charge is 2.44. The Hall–Kier alpha value is -2.58. The van der Waals surface area contributed by atoms with E-state index < -0.39 is 11.9 Å². The average Bonchev–Trinajstić information content (AvgIpc) is 3.12. The Bertz CT molecular complexity index is 923. The molecule has 0 aromatic carbocycles. The number of fused-ring (bicyclic) bond motifs is 1. The zero-order chi connectivity index (χ0) is 20.2. The van der Waals surface area contributed by atoms with Crippen molar-refractivity contribution in [2.75, 3.05) is 18.0 Å². The number of hydrogen-bond acceptors (Lipinski definition) is 4. The van der Waals surface area contributed by atoms with Crippen LogP contribution in [0.1, 0.15) is 53.5 Å². The predicted octanol–water partition coefficient (Wildman–Crippen LogP) is 3.35. The van der Waals surface area contributed by atoms with Crippen molar-refractivity contribution in [2.24, 2.45) is 11.8 Å². The Morgan fingerprint density at radius 3 is 2.76 bits per heavy atom. The Morgan fingerprint density at radius 1 is 1.17 bits per heavy atom. The first-order valence-corrected chi connectivity index (χ1v) is 10.0. The van der Waals surface area contributed by atoms with E-state index in [1.807, 2.05) is 11.0 Å². The van der Waals surface area contributed by atoms with E-state index in [4.69, 9.17) is 0 Å². The van der Waals surface area contributed by atoms with Crippen molar-refractivity contribution in [3.8, 4) is 0 Å². The quantitative estimate of drug-likeness (QED) is 0.818. The number of alkyl halides is 3. The molecule has 9 heteroatoms. The number of nitrogens with one attached hydrogen (secondary N) is 2. The molecule has 5 rings (SSSR count). The maximum atomic E-state index is 13.0. The molecular formula is C20H22F3N5O. The van der Waals surface area contributed by atoms with E-state index in [1.165, 1.54) is 6.07 Å². The molecule has 2 aromatic rings. The largest absolute Gasteiger partial charge is 0.433 e. The molecular weight excluding hydrogens is 383 g/mol. The second kappa shape index (κ2) is 6.74. The van der Waals surface area contributed by atoms with E-state index >= 15 is 0 Å². The van der Waals surface area contributed by atoms with Gasteiger partial charge in [0.1, 0.15) is 17.2 Å². The number of hydrogen-bond donors (Lipinski definition) is 2. The maximum absolute atomic E-state index is 13.0. The number of aromatic amines is 1. The molecule has 3 heterocycles. The fourth-order valence-electron chi connectivity index (χ4n) is 4.68. The molecule has 6 nitrogen and oxygen atoms in total. The third-order valence-corrected chi connectivity index (χ3v) is 6.36. The van der Waals surface area contributed by atoms with Gasteiger partial charge in [-0.25, -0.2) is 4.98 Å². The van der Waals surface area contributed by atoms with Crippen molar-refractivity contribution in [2.45, 2.75) is 43.8 Å². The van der Waals surface area contributed by atoms with Crippen molar-refractivity contribution in [3.63, 3.8) is 0 Å². The van der Waals surface area contributed by atoms with Crippen molar-refractivity contribution < 1.29 is 18.0 Å². The molecule has 1 aliphatic heterocycles. The summed E-state index contributed by atoms with van der Waals surface area (Å²) in [4.78, 5) is 18.3. The van der Waals surface area contributed by atoms with Gasteiger partial charge in [0.2, 0.25) is 0 Å². The van der Waals surface area contributed by atoms with Gasteiger partial charge in [0.15, 0.2) is 0 Å². The number of carbonyl (C=O) groups is 1. The summed E-state index contributed by atoms with van der Waals surface area (Å²) in [5.74, 6) is 1.22. The molecule has 1 amide bonds. The van der Waals surface area contributed by atoms with E-state index in [0.717, 1.165) is 37.4 Å². The van der Waals surface area contributed by atoms with Crippen LogP contribution in [0.4, 0.5) is 19.0 Å². The van der Waals surface area contributed by atoms with Crippen LogP contribution in [-0.4, -0.2) is 40.2 Å². The second-order valence-corrected chi connectivity index (χ2v) is 8.35. The van der Waals surface area contributed by atoms with Gasteiger partial charge in [-0.05, 0) is 49.8 Å². The molecule has 0 spiro atoms. The van der Waals surface area contributed by atoms with Crippen LogP contribution in [0.25, 0.3) is 0 Å². The summed E-state index contributed by atoms with van der Waals surface area (Å²) >= 11 is 0. The summed E-state index contributed by atoms with van der Waals surface area (Å²) in [6, 6.07) is 5.84. The van der Waals surface area contributed by atoms with Gasteiger partial charge in [-0.2, -0.15) is 18.3 Å². The molecule has 154 valence electrons. The number of halogens is 3. The number of H-pyrrole nitrogens is 1. The monoisotopic (exact) mass is 405 g/mol. The number of anilines is 1. The summed E-state index contributed by atoms with van der Waals surface area (Å²) in [5.41, 5.74) is 0.550. The Balaban J connectivity index is 1.25. The predicted molar refractivity (Wildman–Crippen MR) is 99.5 cm³/mol. The van der Waals surface area contributed by atoms with Gasteiger partial charge < -0.3 is 10.2 Å². The minimum atomic E-state index is -4.45. The van der Waals surface area contributed by atoms with Gasteiger partial charge >= 0.3 is 6.18 Å². The van der Waals surface area contributed by atoms with E-state index in [-0.39, 0.29) is 17.9 Å². The number of pyridine rings is 1. The van der Waals surface area contributed by atoms with Crippen LogP contribution in [0.2, 0.25) is 0 Å². The zero-order valence-corrected chi connectivity index (χ0v) is 15.7. The van der Waals surface area contributed by atoms with Crippen molar-refractivity contribution in [3.05, 3.63) is 41.3 Å². The number of rotatable bonds is 4. The molecule has 0 bridgehead atoms. The van der Waals surface area contributed by atoms with Crippen LogP contribution >= 0.6 is 0 Å². The third kappa shape index (κ3) is 3.58. The third-order valence-electron chi connectivity index (χ3n) is 6.36. The van der Waals surface area contributed by atoms with Crippen LogP contribution in [0, 0.1) is 11.8 Å². The van der Waals surface area contributed by atoms with Gasteiger partial charge in [-0.3, -0.25) is 9.89 Å². The first kappa shape index (κ1) is 18.4. The van der Waals surface area contributed by atoms with Crippen molar-refractivity contribution in [1.29, 1.82) is 0 Å². The number of amides is 1. The molecule has 3 atom stereocenters. The lowest BCUT2D eigenvalue weighted by Crippen LogP contribution is -2.40. The normalized spacial score (nSPS) is 26.6. The molecule has 0 unspecified atom stereocenters. The van der Waals surface area contributed by atoms with Gasteiger partial charge in [-0.1, -0.05) is 6.07 Å². The second-order valence-electron chi connectivity index (χ2n) is 8.35. The fourth-order valence-corrected chi connectivity index (χ4v) is 4.68. The molecule has 0 radical (unpaired) electrons. The smallest absolute Gasteiger partial charge is 0.356 e. The average molecular weight is 405 g/mol. The van der Waals surface area contributed by atoms with Gasteiger partial charge in [0.25, 0.3) is 5.91 Å². The standard InChI is InChI=1S/C20H22F3N5O/c21-20(22,23)17-2-1-3-18(25-17)28-9-12-6-7-14(13(12)10-28)24-19(29)16-8-15(26-27-16)11-4-5-11/h1-3,8,11-14H,4-7,9-10H2,(H,24,29)(H,26,27)/t12-,13+,14+/m1/s1. The van der Waals surface area contributed by atoms with Crippen molar-refractivity contribution in [1.82, 2.24) is 20.5 Å². The molecule has 1 saturated heterocycles. The summed E-state index contributed by atoms with van der Waals surface area (Å²) in [5, 5.41) is 10.2. The topological polar surface area (TPSA) is 73.9 Å². The van der Waals surface area contributed by atoms with Gasteiger partial charge in [-0.15, -0.1) is 0 Å². The first-order chi connectivity index (χ1) is 13.9. The molecule has 2 N–H and O–H groups in total. The first-order valence-electron chi connectivity index (χ1n) is 10.0. The molecule has 2 aromatic heterocycles. The molecule has 2 aliphatic carbocycles. The van der Waals surface area contributed by atoms with Crippen LogP contribution < -0.4 is 10.2 Å². The molecule has 2 saturated carbocycles. The van der Waals surface area contributed by atoms with Crippen LogP contribution in [0.15, 0.2) is 24.3 Å². The number of aromatic nitrogens is 3. The fraction of sp³-hybridized carbons (Fsp3) is 0.550. The van der Waals surface area contributed by atoms with Gasteiger partial charge in [0.05, 0.1) is 5.69 Å². The Morgan fingerprint density at radius 2 is 2.00 bits per heavy atom. The lowest BCUT2D eigenvalue weighted by molar-refractivity contribution is -0.141.